The Bertz CT molecular complexity index is 389. The van der Waals surface area contributed by atoms with E-state index in [-0.39, 0.29) is 5.91 Å². The molecule has 0 radical (unpaired) electrons. The summed E-state index contributed by atoms with van der Waals surface area (Å²) in [5.41, 5.74) is 2.98. The fourth-order valence-corrected chi connectivity index (χ4v) is 1.63. The minimum Gasteiger partial charge on any atom is -0.377 e. The molecule has 0 aliphatic rings. The smallest absolute Gasteiger partial charge is 0.221 e. The van der Waals surface area contributed by atoms with Crippen LogP contribution in [-0.4, -0.2) is 26.6 Å². The summed E-state index contributed by atoms with van der Waals surface area (Å²) in [6.45, 7) is 4.70. The van der Waals surface area contributed by atoms with Crippen LogP contribution in [0.1, 0.15) is 19.4 Å². The molecule has 94 valence electrons. The molecule has 1 aromatic rings. The van der Waals surface area contributed by atoms with Crippen molar-refractivity contribution in [3.8, 4) is 0 Å². The molecule has 1 aromatic carbocycles. The van der Waals surface area contributed by atoms with E-state index in [9.17, 15) is 4.79 Å². The quantitative estimate of drug-likeness (QED) is 0.852. The first-order valence-electron chi connectivity index (χ1n) is 5.70. The van der Waals surface area contributed by atoms with E-state index in [4.69, 9.17) is 4.74 Å². The normalized spacial score (nSPS) is 10.1. The second-order valence-corrected chi connectivity index (χ2v) is 4.06. The second-order valence-electron chi connectivity index (χ2n) is 4.06. The van der Waals surface area contributed by atoms with Crippen molar-refractivity contribution in [3.05, 3.63) is 23.8 Å². The van der Waals surface area contributed by atoms with Crippen LogP contribution in [0.5, 0.6) is 0 Å². The lowest BCUT2D eigenvalue weighted by molar-refractivity contribution is -0.114. The highest BCUT2D eigenvalue weighted by atomic mass is 16.5. The Morgan fingerprint density at radius 3 is 2.65 bits per heavy atom. The van der Waals surface area contributed by atoms with Crippen LogP contribution in [0, 0.1) is 0 Å². The second kappa shape index (κ2) is 6.25. The van der Waals surface area contributed by atoms with E-state index >= 15 is 0 Å². The maximum atomic E-state index is 11.0. The van der Waals surface area contributed by atoms with Crippen molar-refractivity contribution in [2.45, 2.75) is 20.5 Å². The monoisotopic (exact) mass is 236 g/mol. The first kappa shape index (κ1) is 13.5. The molecule has 0 aliphatic carbocycles. The lowest BCUT2D eigenvalue weighted by Gasteiger charge is -2.18. The van der Waals surface area contributed by atoms with Crippen molar-refractivity contribution in [1.82, 2.24) is 0 Å². The number of benzene rings is 1. The van der Waals surface area contributed by atoms with Crippen LogP contribution in [0.2, 0.25) is 0 Å². The number of carbonyl (C=O) groups excluding carboxylic acids is 1. The summed E-state index contributed by atoms with van der Waals surface area (Å²) in [5.74, 6) is -0.0648. The SMILES string of the molecule is CCOCc1cc(NC(C)=O)ccc1N(C)C. The minimum absolute atomic E-state index is 0.0648. The molecule has 0 saturated heterocycles. The number of carbonyl (C=O) groups is 1. The average molecular weight is 236 g/mol. The number of nitrogens with one attached hydrogen (secondary N) is 1. The Labute approximate surface area is 103 Å². The van der Waals surface area contributed by atoms with Crippen LogP contribution in [0.3, 0.4) is 0 Å². The van der Waals surface area contributed by atoms with Crippen LogP contribution in [-0.2, 0) is 16.1 Å². The highest BCUT2D eigenvalue weighted by Gasteiger charge is 2.06. The first-order valence-corrected chi connectivity index (χ1v) is 5.70. The standard InChI is InChI=1S/C13H20N2O2/c1-5-17-9-11-8-12(14-10(2)16)6-7-13(11)15(3)4/h6-8H,5,9H2,1-4H3,(H,14,16). The molecule has 0 unspecified atom stereocenters. The Morgan fingerprint density at radius 2 is 2.12 bits per heavy atom. The van der Waals surface area contributed by atoms with Gasteiger partial charge in [-0.05, 0) is 25.1 Å². The number of amides is 1. The highest BCUT2D eigenvalue weighted by Crippen LogP contribution is 2.23. The van der Waals surface area contributed by atoms with Crippen molar-refractivity contribution in [2.24, 2.45) is 0 Å². The number of anilines is 2. The molecule has 0 fully saturated rings. The van der Waals surface area contributed by atoms with E-state index < -0.39 is 0 Å². The molecule has 0 atom stereocenters. The van der Waals surface area contributed by atoms with Gasteiger partial charge in [0, 0.05) is 44.6 Å². The van der Waals surface area contributed by atoms with E-state index in [0.29, 0.717) is 13.2 Å². The molecular formula is C13H20N2O2. The Morgan fingerprint density at radius 1 is 1.41 bits per heavy atom. The highest BCUT2D eigenvalue weighted by molar-refractivity contribution is 5.89. The zero-order valence-corrected chi connectivity index (χ0v) is 10.9. The maximum Gasteiger partial charge on any atom is 0.221 e. The first-order chi connectivity index (χ1) is 8.04. The molecule has 4 nitrogen and oxygen atoms in total. The zero-order valence-electron chi connectivity index (χ0n) is 10.9. The molecule has 17 heavy (non-hydrogen) atoms. The number of hydrogen-bond donors (Lipinski definition) is 1. The predicted octanol–water partition coefficient (Wildman–Crippen LogP) is 2.25. The van der Waals surface area contributed by atoms with E-state index in [1.807, 2.05) is 44.1 Å². The van der Waals surface area contributed by atoms with Crippen LogP contribution in [0.25, 0.3) is 0 Å². The van der Waals surface area contributed by atoms with Gasteiger partial charge in [0.25, 0.3) is 0 Å². The molecule has 0 saturated carbocycles. The lowest BCUT2D eigenvalue weighted by Crippen LogP contribution is -2.13. The number of hydrogen-bond acceptors (Lipinski definition) is 3. The van der Waals surface area contributed by atoms with Gasteiger partial charge < -0.3 is 15.0 Å². The van der Waals surface area contributed by atoms with E-state index in [2.05, 4.69) is 5.32 Å². The molecule has 1 N–H and O–H groups in total. The van der Waals surface area contributed by atoms with Crippen molar-refractivity contribution in [3.63, 3.8) is 0 Å². The van der Waals surface area contributed by atoms with E-state index in [1.54, 1.807) is 0 Å². The summed E-state index contributed by atoms with van der Waals surface area (Å²) in [4.78, 5) is 13.0. The Kier molecular flexibility index (Phi) is 4.97. The third-order valence-corrected chi connectivity index (χ3v) is 2.34. The van der Waals surface area contributed by atoms with Crippen LogP contribution in [0.15, 0.2) is 18.2 Å². The van der Waals surface area contributed by atoms with Gasteiger partial charge in [-0.25, -0.2) is 0 Å². The number of ether oxygens (including phenoxy) is 1. The molecule has 0 spiro atoms. The van der Waals surface area contributed by atoms with Gasteiger partial charge in [0.05, 0.1) is 6.61 Å². The van der Waals surface area contributed by atoms with Crippen LogP contribution in [0.4, 0.5) is 11.4 Å². The van der Waals surface area contributed by atoms with Crippen LogP contribution >= 0.6 is 0 Å². The predicted molar refractivity (Wildman–Crippen MR) is 70.4 cm³/mol. The van der Waals surface area contributed by atoms with Gasteiger partial charge in [-0.15, -0.1) is 0 Å². The fraction of sp³-hybridized carbons (Fsp3) is 0.462. The number of rotatable bonds is 5. The van der Waals surface area contributed by atoms with Crippen molar-refractivity contribution in [1.29, 1.82) is 0 Å². The summed E-state index contributed by atoms with van der Waals surface area (Å²) in [6.07, 6.45) is 0. The van der Waals surface area contributed by atoms with Gasteiger partial charge in [-0.1, -0.05) is 0 Å². The van der Waals surface area contributed by atoms with E-state index in [0.717, 1.165) is 16.9 Å². The molecule has 0 aliphatic heterocycles. The fourth-order valence-electron chi connectivity index (χ4n) is 1.63. The summed E-state index contributed by atoms with van der Waals surface area (Å²) >= 11 is 0. The van der Waals surface area contributed by atoms with Crippen molar-refractivity contribution < 1.29 is 9.53 Å². The third kappa shape index (κ3) is 4.07. The van der Waals surface area contributed by atoms with Gasteiger partial charge in [0.2, 0.25) is 5.91 Å². The van der Waals surface area contributed by atoms with Gasteiger partial charge in [0.15, 0.2) is 0 Å². The lowest BCUT2D eigenvalue weighted by atomic mass is 10.1. The Balaban J connectivity index is 2.96. The number of nitrogens with zero attached hydrogens (tertiary/aromatic N) is 1. The molecule has 4 heteroatoms. The van der Waals surface area contributed by atoms with Gasteiger partial charge in [-0.3, -0.25) is 4.79 Å². The van der Waals surface area contributed by atoms with Gasteiger partial charge in [0.1, 0.15) is 0 Å². The summed E-state index contributed by atoms with van der Waals surface area (Å²) < 4.78 is 5.43. The molecule has 1 amide bonds. The Hall–Kier alpha value is -1.55. The van der Waals surface area contributed by atoms with Crippen molar-refractivity contribution >= 4 is 17.3 Å². The van der Waals surface area contributed by atoms with Crippen molar-refractivity contribution in [2.75, 3.05) is 30.9 Å². The maximum absolute atomic E-state index is 11.0. The van der Waals surface area contributed by atoms with Crippen LogP contribution < -0.4 is 10.2 Å². The molecule has 0 aromatic heterocycles. The van der Waals surface area contributed by atoms with E-state index in [1.165, 1.54) is 6.92 Å². The molecule has 0 bridgehead atoms. The average Bonchev–Trinajstić information content (AvgIpc) is 2.25. The summed E-state index contributed by atoms with van der Waals surface area (Å²) in [6, 6.07) is 5.83. The summed E-state index contributed by atoms with van der Waals surface area (Å²) in [7, 11) is 3.98. The van der Waals surface area contributed by atoms with Gasteiger partial charge in [-0.2, -0.15) is 0 Å². The molecule has 0 heterocycles. The molecule has 1 rings (SSSR count). The minimum atomic E-state index is -0.0648. The van der Waals surface area contributed by atoms with Gasteiger partial charge >= 0.3 is 0 Å². The largest absolute Gasteiger partial charge is 0.377 e. The zero-order chi connectivity index (χ0) is 12.8. The summed E-state index contributed by atoms with van der Waals surface area (Å²) in [5, 5.41) is 2.77. The topological polar surface area (TPSA) is 41.6 Å². The molecular weight excluding hydrogens is 216 g/mol. The third-order valence-electron chi connectivity index (χ3n) is 2.34.